The van der Waals surface area contributed by atoms with Crippen LogP contribution in [-0.2, 0) is 7.05 Å². The molecule has 0 aliphatic heterocycles. The molecule has 4 aromatic rings. The summed E-state index contributed by atoms with van der Waals surface area (Å²) in [5.41, 5.74) is 3.98. The van der Waals surface area contributed by atoms with Crippen LogP contribution >= 0.6 is 0 Å². The van der Waals surface area contributed by atoms with E-state index in [0.717, 1.165) is 16.8 Å². The second kappa shape index (κ2) is 5.17. The number of aryl methyl sites for hydroxylation is 2. The Morgan fingerprint density at radius 3 is 2.71 bits per heavy atom. The first kappa shape index (κ1) is 14.4. The van der Waals surface area contributed by atoms with E-state index >= 15 is 0 Å². The van der Waals surface area contributed by atoms with Crippen LogP contribution < -0.4 is 4.57 Å². The molecular formula is C20H14FN2O+. The number of para-hydroxylation sites is 1. The summed E-state index contributed by atoms with van der Waals surface area (Å²) in [6.45, 7) is 1.94. The summed E-state index contributed by atoms with van der Waals surface area (Å²) >= 11 is 0. The highest BCUT2D eigenvalue weighted by Crippen LogP contribution is 2.39. The topological polar surface area (TPSA) is 40.8 Å². The first-order chi connectivity index (χ1) is 11.6. The summed E-state index contributed by atoms with van der Waals surface area (Å²) in [5, 5.41) is 10.8. The van der Waals surface area contributed by atoms with Gasteiger partial charge in [-0.3, -0.25) is 0 Å². The molecule has 0 fully saturated rings. The highest BCUT2D eigenvalue weighted by molar-refractivity contribution is 6.12. The number of nitrogens with zero attached hydrogens (tertiary/aromatic N) is 2. The van der Waals surface area contributed by atoms with Gasteiger partial charge >= 0.3 is 0 Å². The van der Waals surface area contributed by atoms with Gasteiger partial charge in [0.2, 0.25) is 5.69 Å². The Hall–Kier alpha value is -3.19. The Balaban J connectivity index is 2.26. The van der Waals surface area contributed by atoms with Crippen LogP contribution in [0.5, 0.6) is 0 Å². The normalized spacial score (nSPS) is 11.1. The number of rotatable bonds is 1. The second-order valence-electron chi connectivity index (χ2n) is 5.85. The molecule has 0 saturated carbocycles. The van der Waals surface area contributed by atoms with Crippen LogP contribution in [0.1, 0.15) is 11.1 Å². The smallest absolute Gasteiger partial charge is 0.216 e. The molecule has 0 amide bonds. The quantitative estimate of drug-likeness (QED) is 0.488. The predicted molar refractivity (Wildman–Crippen MR) is 89.7 cm³/mol. The van der Waals surface area contributed by atoms with E-state index in [1.807, 2.05) is 49.0 Å². The molecule has 4 heteroatoms. The highest BCUT2D eigenvalue weighted by atomic mass is 19.1. The molecule has 2 aromatic heterocycles. The molecule has 0 N–H and O–H groups in total. The van der Waals surface area contributed by atoms with Gasteiger partial charge < -0.3 is 4.42 Å². The SMILES string of the molecule is Cc1cc(C#N)c2c(oc3c(F)cccc32)c1-c1cccc[n+]1C. The molecular weight excluding hydrogens is 303 g/mol. The maximum atomic E-state index is 14.2. The van der Waals surface area contributed by atoms with Gasteiger partial charge in [0.05, 0.1) is 17.2 Å². The highest BCUT2D eigenvalue weighted by Gasteiger charge is 2.23. The van der Waals surface area contributed by atoms with Crippen LogP contribution in [0.25, 0.3) is 33.2 Å². The van der Waals surface area contributed by atoms with Gasteiger partial charge in [-0.2, -0.15) is 5.26 Å². The molecule has 0 aliphatic rings. The predicted octanol–water partition coefficient (Wildman–Crippen LogP) is 4.40. The lowest BCUT2D eigenvalue weighted by Gasteiger charge is -2.06. The third kappa shape index (κ3) is 1.92. The zero-order valence-electron chi connectivity index (χ0n) is 13.3. The van der Waals surface area contributed by atoms with Crippen LogP contribution in [0, 0.1) is 24.1 Å². The van der Waals surface area contributed by atoms with E-state index in [0.29, 0.717) is 21.9 Å². The minimum atomic E-state index is -0.423. The maximum Gasteiger partial charge on any atom is 0.216 e. The number of fused-ring (bicyclic) bond motifs is 3. The molecule has 2 aromatic carbocycles. The molecule has 0 bridgehead atoms. The first-order valence-corrected chi connectivity index (χ1v) is 7.61. The van der Waals surface area contributed by atoms with E-state index < -0.39 is 5.82 Å². The van der Waals surface area contributed by atoms with Gasteiger partial charge in [0.1, 0.15) is 7.05 Å². The average Bonchev–Trinajstić information content (AvgIpc) is 2.96. The number of furan rings is 1. The summed E-state index contributed by atoms with van der Waals surface area (Å²) in [6, 6.07) is 14.7. The van der Waals surface area contributed by atoms with Crippen molar-refractivity contribution in [3.8, 4) is 17.3 Å². The van der Waals surface area contributed by atoms with Crippen molar-refractivity contribution >= 4 is 21.9 Å². The maximum absolute atomic E-state index is 14.2. The van der Waals surface area contributed by atoms with Gasteiger partial charge in [-0.05, 0) is 30.7 Å². The van der Waals surface area contributed by atoms with Gasteiger partial charge in [0.15, 0.2) is 23.2 Å². The Kier molecular flexibility index (Phi) is 3.10. The van der Waals surface area contributed by atoms with Gasteiger partial charge in [-0.25, -0.2) is 8.96 Å². The molecule has 0 unspecified atom stereocenters. The molecule has 0 spiro atoms. The molecule has 2 heterocycles. The third-order valence-electron chi connectivity index (χ3n) is 4.35. The molecule has 0 saturated heterocycles. The van der Waals surface area contributed by atoms with E-state index in [1.54, 1.807) is 12.1 Å². The van der Waals surface area contributed by atoms with E-state index in [2.05, 4.69) is 6.07 Å². The van der Waals surface area contributed by atoms with E-state index in [9.17, 15) is 9.65 Å². The van der Waals surface area contributed by atoms with Crippen molar-refractivity contribution in [3.05, 3.63) is 65.6 Å². The standard InChI is InChI=1S/C20H14FN2O/c1-12-10-13(11-22)18-14-6-5-7-15(21)19(14)24-20(18)17(12)16-8-3-4-9-23(16)2/h3-10H,1-2H3/q+1. The average molecular weight is 317 g/mol. The largest absolute Gasteiger partial charge is 0.452 e. The van der Waals surface area contributed by atoms with Crippen LogP contribution in [0.3, 0.4) is 0 Å². The Labute approximate surface area is 138 Å². The van der Waals surface area contributed by atoms with Gasteiger partial charge in [0, 0.05) is 22.9 Å². The summed E-state index contributed by atoms with van der Waals surface area (Å²) in [7, 11) is 1.95. The van der Waals surface area contributed by atoms with Gasteiger partial charge in [-0.1, -0.05) is 12.1 Å². The van der Waals surface area contributed by atoms with Crippen molar-refractivity contribution in [2.45, 2.75) is 6.92 Å². The number of pyridine rings is 1. The van der Waals surface area contributed by atoms with Crippen molar-refractivity contribution in [2.75, 3.05) is 0 Å². The number of hydrogen-bond acceptors (Lipinski definition) is 2. The number of aromatic nitrogens is 1. The van der Waals surface area contributed by atoms with Crippen molar-refractivity contribution in [1.82, 2.24) is 0 Å². The number of nitriles is 1. The van der Waals surface area contributed by atoms with Gasteiger partial charge in [-0.15, -0.1) is 0 Å². The summed E-state index contributed by atoms with van der Waals surface area (Å²) in [5.74, 6) is -0.423. The molecule has 0 radical (unpaired) electrons. The fraction of sp³-hybridized carbons (Fsp3) is 0.100. The van der Waals surface area contributed by atoms with E-state index in [1.165, 1.54) is 6.07 Å². The molecule has 116 valence electrons. The molecule has 0 aliphatic carbocycles. The summed E-state index contributed by atoms with van der Waals surface area (Å²) < 4.78 is 22.1. The van der Waals surface area contributed by atoms with Crippen molar-refractivity contribution in [3.63, 3.8) is 0 Å². The van der Waals surface area contributed by atoms with E-state index in [4.69, 9.17) is 4.42 Å². The lowest BCUT2D eigenvalue weighted by Crippen LogP contribution is -2.30. The zero-order valence-corrected chi connectivity index (χ0v) is 13.3. The second-order valence-corrected chi connectivity index (χ2v) is 5.85. The van der Waals surface area contributed by atoms with Crippen LogP contribution in [0.2, 0.25) is 0 Å². The Morgan fingerprint density at radius 1 is 1.12 bits per heavy atom. The van der Waals surface area contributed by atoms with Crippen LogP contribution in [0.4, 0.5) is 4.39 Å². The minimum Gasteiger partial charge on any atom is -0.452 e. The minimum absolute atomic E-state index is 0.189. The summed E-state index contributed by atoms with van der Waals surface area (Å²) in [4.78, 5) is 0. The molecule has 3 nitrogen and oxygen atoms in total. The lowest BCUT2D eigenvalue weighted by atomic mass is 9.96. The number of halogens is 1. The van der Waals surface area contributed by atoms with Crippen molar-refractivity contribution < 1.29 is 13.4 Å². The third-order valence-corrected chi connectivity index (χ3v) is 4.35. The Bertz CT molecular complexity index is 1150. The number of benzene rings is 2. The Morgan fingerprint density at radius 2 is 1.96 bits per heavy atom. The van der Waals surface area contributed by atoms with E-state index in [-0.39, 0.29) is 5.58 Å². The first-order valence-electron chi connectivity index (χ1n) is 7.61. The summed E-state index contributed by atoms with van der Waals surface area (Å²) in [6.07, 6.45) is 1.95. The molecule has 0 atom stereocenters. The fourth-order valence-electron chi connectivity index (χ4n) is 3.26. The fourth-order valence-corrected chi connectivity index (χ4v) is 3.26. The zero-order chi connectivity index (χ0) is 16.8. The number of hydrogen-bond donors (Lipinski definition) is 0. The van der Waals surface area contributed by atoms with Crippen LogP contribution in [-0.4, -0.2) is 0 Å². The van der Waals surface area contributed by atoms with Crippen molar-refractivity contribution in [1.29, 1.82) is 5.26 Å². The van der Waals surface area contributed by atoms with Gasteiger partial charge in [0.25, 0.3) is 0 Å². The molecule has 24 heavy (non-hydrogen) atoms. The monoisotopic (exact) mass is 317 g/mol. The van der Waals surface area contributed by atoms with Crippen molar-refractivity contribution in [2.24, 2.45) is 7.05 Å². The lowest BCUT2D eigenvalue weighted by molar-refractivity contribution is -0.660. The molecule has 4 rings (SSSR count). The van der Waals surface area contributed by atoms with Crippen LogP contribution in [0.15, 0.2) is 53.1 Å².